The number of carbonyl (C=O) groups excluding carboxylic acids is 16. The first kappa shape index (κ1) is 101. The van der Waals surface area contributed by atoms with Crippen LogP contribution < -0.4 is 65.5 Å². The molecule has 3 aromatic carbocycles. The predicted molar refractivity (Wildman–Crippen MR) is 518 cm³/mol. The van der Waals surface area contributed by atoms with Gasteiger partial charge in [0.05, 0.1) is 54.3 Å². The van der Waals surface area contributed by atoms with Crippen LogP contribution in [0.3, 0.4) is 0 Å². The molecule has 36 nitrogen and oxygen atoms in total. The molecule has 137 heavy (non-hydrogen) atoms. The maximum absolute atomic E-state index is 15.1. The van der Waals surface area contributed by atoms with Crippen molar-refractivity contribution in [2.24, 2.45) is 46.6 Å². The summed E-state index contributed by atoms with van der Waals surface area (Å²) in [5.74, 6) is -13.2. The molecule has 0 saturated carbocycles. The number of primary amides is 4. The molecular weight excluding hydrogens is 1830 g/mol. The zero-order chi connectivity index (χ0) is 97.7. The van der Waals surface area contributed by atoms with Gasteiger partial charge < -0.3 is 75.3 Å². The highest BCUT2D eigenvalue weighted by Crippen LogP contribution is 2.40. The Balaban J connectivity index is 0.000000232. The Hall–Kier alpha value is -13.3. The number of hydrogen-bond acceptors (Lipinski definition) is 24. The van der Waals surface area contributed by atoms with Gasteiger partial charge in [0.1, 0.15) is 47.6 Å². The maximum atomic E-state index is 15.1. The highest BCUT2D eigenvalue weighted by atomic mass is 32.1. The SMILES string of the molecule is CC[C@H](C)[C@@H]1CC(=O)[C@H](CC(N)=O)NC(=O)CCC(=O)NCCCC[C@@H](C(N)=O)NC(=O)[C@H](Cc2csc3ccccc23)NC(=O)[C@@H]2C[C@H](n3cc(-c4ccc(-c5cccs5)cc4)nn3)CN2C1=O.CC[C@H](C)[C@@H]1CC(=O)[C@H](CC(N)=O)NC(=O)CCC(=O)NCCCC[C@@H](C(N)=O)NC(=O)[C@H](Cc2csc3ccccc23)NC(=O)[C@@H]2C[C@H](n3cc(-c4ccc(C5=CC=CC5)s4)nn3)CN2C1=O. The second-order valence-electron chi connectivity index (χ2n) is 35.6. The van der Waals surface area contributed by atoms with Crippen molar-refractivity contribution in [2.45, 2.75) is 223 Å². The third kappa shape index (κ3) is 26.5. The van der Waals surface area contributed by atoms with E-state index in [0.29, 0.717) is 49.9 Å². The van der Waals surface area contributed by atoms with Gasteiger partial charge in [-0.25, -0.2) is 9.36 Å². The summed E-state index contributed by atoms with van der Waals surface area (Å²) in [4.78, 5) is 225. The van der Waals surface area contributed by atoms with Crippen molar-refractivity contribution in [3.05, 3.63) is 160 Å². The van der Waals surface area contributed by atoms with E-state index < -0.39 is 204 Å². The molecule has 0 radical (unpaired) electrons. The molecule has 14 amide bonds. The summed E-state index contributed by atoms with van der Waals surface area (Å²) in [5.41, 5.74) is 28.5. The van der Waals surface area contributed by atoms with Gasteiger partial charge in [0.25, 0.3) is 0 Å². The van der Waals surface area contributed by atoms with E-state index in [1.54, 1.807) is 51.4 Å². The average molecular weight is 1950 g/mol. The van der Waals surface area contributed by atoms with Gasteiger partial charge in [-0.3, -0.25) is 76.7 Å². The van der Waals surface area contributed by atoms with Crippen LogP contribution >= 0.6 is 45.3 Å². The molecule has 724 valence electrons. The Bertz CT molecular complexity index is 6000. The lowest BCUT2D eigenvalue weighted by Gasteiger charge is -2.32. The average Bonchev–Trinajstić information content (AvgIpc) is 1.64. The number of fused-ring (bicyclic) bond motifs is 4. The van der Waals surface area contributed by atoms with Crippen LogP contribution in [-0.2, 0) is 89.6 Å². The molecule has 4 aliphatic heterocycles. The van der Waals surface area contributed by atoms with Crippen LogP contribution in [0.4, 0.5) is 0 Å². The lowest BCUT2D eigenvalue weighted by atomic mass is 9.84. The fourth-order valence-electron chi connectivity index (χ4n) is 17.8. The fourth-order valence-corrected chi connectivity index (χ4v) is 21.5. The summed E-state index contributed by atoms with van der Waals surface area (Å²) in [6, 6.07) is 20.4. The number of allylic oxidation sites excluding steroid dienone is 4. The first-order valence-corrected chi connectivity index (χ1v) is 49.8. The number of rotatable bonds is 20. The minimum atomic E-state index is -1.37. The number of aromatic nitrogens is 6. The smallest absolute Gasteiger partial charge is 0.243 e. The van der Waals surface area contributed by atoms with E-state index in [1.807, 2.05) is 140 Å². The minimum absolute atomic E-state index is 0.00557. The molecular formula is C97H116N20O16S4. The van der Waals surface area contributed by atoms with E-state index in [0.717, 1.165) is 63.5 Å². The summed E-state index contributed by atoms with van der Waals surface area (Å²) in [7, 11) is 0. The Morgan fingerprint density at radius 3 is 1.37 bits per heavy atom. The monoisotopic (exact) mass is 1940 g/mol. The van der Waals surface area contributed by atoms with Gasteiger partial charge >= 0.3 is 0 Å². The Morgan fingerprint density at radius 2 is 0.927 bits per heavy atom. The summed E-state index contributed by atoms with van der Waals surface area (Å²) >= 11 is 6.18. The van der Waals surface area contributed by atoms with Gasteiger partial charge in [0, 0.05) is 127 Å². The molecule has 6 aromatic heterocycles. The summed E-state index contributed by atoms with van der Waals surface area (Å²) in [5, 5.41) is 47.4. The molecule has 9 aromatic rings. The number of benzene rings is 3. The third-order valence-electron chi connectivity index (χ3n) is 26.0. The molecule has 0 spiro atoms. The topological polar surface area (TPSA) is 541 Å². The molecule has 14 rings (SSSR count). The molecule has 10 heterocycles. The quantitative estimate of drug-likeness (QED) is 0.0357. The number of hydrogen-bond donors (Lipinski definition) is 12. The largest absolute Gasteiger partial charge is 0.370 e. The highest BCUT2D eigenvalue weighted by molar-refractivity contribution is 7.18. The second-order valence-corrected chi connectivity index (χ2v) is 39.4. The van der Waals surface area contributed by atoms with Crippen molar-refractivity contribution in [2.75, 3.05) is 26.2 Å². The van der Waals surface area contributed by atoms with Crippen molar-refractivity contribution in [3.63, 3.8) is 0 Å². The normalized spacial score (nSPS) is 23.9. The van der Waals surface area contributed by atoms with Crippen molar-refractivity contribution >= 4 is 165 Å². The van der Waals surface area contributed by atoms with Crippen molar-refractivity contribution < 1.29 is 76.7 Å². The molecule has 4 saturated heterocycles. The fraction of sp³-hybridized carbons (Fsp3) is 0.443. The van der Waals surface area contributed by atoms with E-state index in [1.165, 1.54) is 38.0 Å². The van der Waals surface area contributed by atoms with E-state index in [4.69, 9.17) is 22.9 Å². The molecule has 4 fully saturated rings. The predicted octanol–water partition coefficient (Wildman–Crippen LogP) is 7.26. The lowest BCUT2D eigenvalue weighted by Crippen LogP contribution is -2.57. The van der Waals surface area contributed by atoms with Crippen molar-refractivity contribution in [1.82, 2.24) is 82.3 Å². The maximum Gasteiger partial charge on any atom is 0.243 e. The van der Waals surface area contributed by atoms with Crippen LogP contribution in [0.15, 0.2) is 144 Å². The first-order chi connectivity index (χ1) is 65.9. The molecule has 14 atom stereocenters. The van der Waals surface area contributed by atoms with Gasteiger partial charge in [-0.2, -0.15) is 0 Å². The summed E-state index contributed by atoms with van der Waals surface area (Å²) < 4.78 is 5.20. The zero-order valence-electron chi connectivity index (χ0n) is 76.7. The second kappa shape index (κ2) is 47.4. The van der Waals surface area contributed by atoms with Crippen molar-refractivity contribution in [1.29, 1.82) is 0 Å². The highest BCUT2D eigenvalue weighted by Gasteiger charge is 2.48. The number of ketones is 2. The van der Waals surface area contributed by atoms with Crippen LogP contribution in [0.2, 0.25) is 0 Å². The van der Waals surface area contributed by atoms with Gasteiger partial charge in [-0.15, -0.1) is 55.5 Å². The molecule has 5 aliphatic rings. The van der Waals surface area contributed by atoms with E-state index >= 15 is 9.59 Å². The molecule has 0 bridgehead atoms. The number of nitrogens with zero attached hydrogens (tertiary/aromatic N) is 8. The molecule has 40 heteroatoms. The van der Waals surface area contributed by atoms with Gasteiger partial charge in [-0.05, 0) is 136 Å². The van der Waals surface area contributed by atoms with Gasteiger partial charge in [-0.1, -0.05) is 136 Å². The molecule has 16 N–H and O–H groups in total. The third-order valence-corrected chi connectivity index (χ3v) is 30.2. The van der Waals surface area contributed by atoms with Crippen LogP contribution in [-0.4, -0.2) is 209 Å². The first-order valence-electron chi connectivity index (χ1n) is 46.4. The standard InChI is InChI=1S/C49H58N10O8S2.C48H58N10O8S2/c1-3-28(2)34-23-40(60)36(24-43(50)61)53-45(63)18-17-44(62)52-19-7-6-10-35(46(51)64)54-47(65)37(21-31-27-69-42-11-5-4-9-33(31)42)55-48(66)39-22-32(25-58(39)49(34)67)59-26-38(56-57-59)29-13-15-30(16-14-29)41-12-8-20-68-41;1-3-27(2)32-22-38(59)34(23-42(49)60)52-44(62)18-17-43(61)51-19-9-8-13-33(45(50)63)53-46(64)35(20-29-26-67-40-14-7-6-12-31(29)40)54-47(65)37-21-30(24-57(37)48(32)66)58-25-36(55-56-58)41-16-15-39(68-41)28-10-4-5-11-28/h4-5,8-9,11-16,20,26-28,32,34-37,39H,3,6-7,10,17-19,21-25H2,1-2H3,(H2,50,61)(H2,51,64)(H,52,62)(H,53,63)(H,54,65)(H,55,66);4-7,10,12,14-16,25-27,30,32-35,37H,3,8-9,11,13,17-24H2,1-2H3,(H2,49,60)(H2,50,63)(H,51,61)(H,52,62)(H,53,64)(H,54,65)/t28-,32-,34-,35-,36-,37-,39-;27-,30-,32-,33-,34-,35-,37-/m00/s1. The number of carbonyl (C=O) groups is 16. The molecule has 0 unspecified atom stereocenters. The van der Waals surface area contributed by atoms with Crippen LogP contribution in [0.5, 0.6) is 0 Å². The van der Waals surface area contributed by atoms with Crippen molar-refractivity contribution in [3.8, 4) is 32.3 Å². The zero-order valence-corrected chi connectivity index (χ0v) is 79.9. The van der Waals surface area contributed by atoms with Crippen LogP contribution in [0.1, 0.15) is 178 Å². The van der Waals surface area contributed by atoms with E-state index in [-0.39, 0.29) is 90.4 Å². The summed E-state index contributed by atoms with van der Waals surface area (Å²) in [6.07, 6.45) is 10.7. The lowest BCUT2D eigenvalue weighted by molar-refractivity contribution is -0.145. The van der Waals surface area contributed by atoms with Gasteiger partial charge in [0.15, 0.2) is 11.6 Å². The number of Topliss-reactive ketones (excluding diaryl/α,β-unsaturated/α-hetero) is 2. The van der Waals surface area contributed by atoms with E-state index in [9.17, 15) is 67.1 Å². The number of nitrogens with two attached hydrogens (primary N) is 4. The summed E-state index contributed by atoms with van der Waals surface area (Å²) in [6.45, 7) is 7.72. The number of thiophene rings is 4. The molecule has 1 aliphatic carbocycles. The Kier molecular flexibility index (Phi) is 35.0. The minimum Gasteiger partial charge on any atom is -0.370 e. The number of nitrogens with one attached hydrogen (secondary N) is 8. The Labute approximate surface area is 807 Å². The Morgan fingerprint density at radius 1 is 0.474 bits per heavy atom. The van der Waals surface area contributed by atoms with Crippen LogP contribution in [0, 0.1) is 23.7 Å². The van der Waals surface area contributed by atoms with Gasteiger partial charge in [0.2, 0.25) is 82.7 Å². The van der Waals surface area contributed by atoms with Crippen LogP contribution in [0.25, 0.3) is 58.0 Å². The number of amides is 14. The van der Waals surface area contributed by atoms with E-state index in [2.05, 4.69) is 75.3 Å².